The van der Waals surface area contributed by atoms with Gasteiger partial charge in [-0.1, -0.05) is 12.1 Å². The highest BCUT2D eigenvalue weighted by molar-refractivity contribution is 5.65. The molecule has 0 N–H and O–H groups in total. The van der Waals surface area contributed by atoms with E-state index in [9.17, 15) is 4.39 Å². The molecule has 1 heterocycles. The Morgan fingerprint density at radius 3 is 2.93 bits per heavy atom. The van der Waals surface area contributed by atoms with Gasteiger partial charge in [-0.3, -0.25) is 0 Å². The Hall–Kier alpha value is -2.15. The number of nitriles is 1. The van der Waals surface area contributed by atoms with Crippen molar-refractivity contribution >= 4 is 0 Å². The van der Waals surface area contributed by atoms with Crippen LogP contribution in [0.3, 0.4) is 0 Å². The van der Waals surface area contributed by atoms with E-state index in [2.05, 4.69) is 4.98 Å². The molecule has 0 amide bonds. The predicted octanol–water partition coefficient (Wildman–Crippen LogP) is 2.10. The van der Waals surface area contributed by atoms with E-state index in [-0.39, 0.29) is 5.82 Å². The highest BCUT2D eigenvalue weighted by atomic mass is 19.1. The zero-order chi connectivity index (χ0) is 10.8. The molecular formula is C11H8FN3. The molecule has 0 fully saturated rings. The van der Waals surface area contributed by atoms with Gasteiger partial charge in [0.1, 0.15) is 11.9 Å². The Labute approximate surface area is 86.4 Å². The van der Waals surface area contributed by atoms with Gasteiger partial charge in [0.15, 0.2) is 5.69 Å². The molecule has 74 valence electrons. The molecule has 1 aromatic carbocycles. The van der Waals surface area contributed by atoms with Crippen LogP contribution in [0.15, 0.2) is 30.6 Å². The van der Waals surface area contributed by atoms with E-state index in [1.165, 1.54) is 12.1 Å². The summed E-state index contributed by atoms with van der Waals surface area (Å²) < 4.78 is 14.7. The summed E-state index contributed by atoms with van der Waals surface area (Å²) in [5.41, 5.74) is 1.60. The minimum Gasteiger partial charge on any atom is -0.333 e. The second-order valence-corrected chi connectivity index (χ2v) is 3.17. The van der Waals surface area contributed by atoms with Crippen molar-refractivity contribution < 1.29 is 4.39 Å². The number of halogens is 1. The van der Waals surface area contributed by atoms with Crippen LogP contribution in [0, 0.1) is 17.1 Å². The molecule has 0 spiro atoms. The van der Waals surface area contributed by atoms with E-state index in [1.807, 2.05) is 6.07 Å². The molecule has 4 heteroatoms. The summed E-state index contributed by atoms with van der Waals surface area (Å²) in [6, 6.07) is 8.09. The Bertz CT molecular complexity index is 537. The third kappa shape index (κ3) is 1.59. The van der Waals surface area contributed by atoms with Crippen LogP contribution in [-0.4, -0.2) is 9.55 Å². The zero-order valence-electron chi connectivity index (χ0n) is 8.11. The van der Waals surface area contributed by atoms with Crippen LogP contribution in [0.5, 0.6) is 0 Å². The SMILES string of the molecule is Cn1cnc(C#N)c1-c1cccc(F)c1. The molecular weight excluding hydrogens is 193 g/mol. The maximum atomic E-state index is 13.0. The van der Waals surface area contributed by atoms with Gasteiger partial charge in [0.05, 0.1) is 12.0 Å². The van der Waals surface area contributed by atoms with Crippen molar-refractivity contribution in [3.05, 3.63) is 42.1 Å². The summed E-state index contributed by atoms with van der Waals surface area (Å²) in [5, 5.41) is 8.84. The highest BCUT2D eigenvalue weighted by Gasteiger charge is 2.10. The predicted molar refractivity (Wildman–Crippen MR) is 53.3 cm³/mol. The molecule has 0 aliphatic carbocycles. The van der Waals surface area contributed by atoms with Gasteiger partial charge in [0.2, 0.25) is 0 Å². The van der Waals surface area contributed by atoms with Gasteiger partial charge < -0.3 is 4.57 Å². The number of rotatable bonds is 1. The zero-order valence-corrected chi connectivity index (χ0v) is 8.11. The molecule has 1 aromatic heterocycles. The van der Waals surface area contributed by atoms with Crippen LogP contribution in [-0.2, 0) is 7.05 Å². The monoisotopic (exact) mass is 201 g/mol. The second kappa shape index (κ2) is 3.54. The number of imidazole rings is 1. The average molecular weight is 201 g/mol. The number of benzene rings is 1. The fourth-order valence-corrected chi connectivity index (χ4v) is 1.49. The van der Waals surface area contributed by atoms with Gasteiger partial charge in [-0.05, 0) is 12.1 Å². The van der Waals surface area contributed by atoms with E-state index >= 15 is 0 Å². The van der Waals surface area contributed by atoms with E-state index in [4.69, 9.17) is 5.26 Å². The van der Waals surface area contributed by atoms with Gasteiger partial charge in [-0.25, -0.2) is 9.37 Å². The first-order chi connectivity index (χ1) is 7.22. The summed E-state index contributed by atoms with van der Waals surface area (Å²) in [4.78, 5) is 3.92. The molecule has 0 aliphatic rings. The molecule has 0 aliphatic heterocycles. The van der Waals surface area contributed by atoms with Crippen molar-refractivity contribution in [2.75, 3.05) is 0 Å². The third-order valence-electron chi connectivity index (χ3n) is 2.14. The summed E-state index contributed by atoms with van der Waals surface area (Å²) >= 11 is 0. The van der Waals surface area contributed by atoms with Crippen molar-refractivity contribution in [2.45, 2.75) is 0 Å². The van der Waals surface area contributed by atoms with Crippen LogP contribution < -0.4 is 0 Å². The van der Waals surface area contributed by atoms with Gasteiger partial charge in [-0.2, -0.15) is 5.26 Å². The summed E-state index contributed by atoms with van der Waals surface area (Å²) in [6.45, 7) is 0. The van der Waals surface area contributed by atoms with Crippen LogP contribution in [0.1, 0.15) is 5.69 Å². The van der Waals surface area contributed by atoms with E-state index in [1.54, 1.807) is 30.1 Å². The number of aryl methyl sites for hydroxylation is 1. The fraction of sp³-hybridized carbons (Fsp3) is 0.0909. The molecule has 0 atom stereocenters. The van der Waals surface area contributed by atoms with Crippen molar-refractivity contribution in [2.24, 2.45) is 7.05 Å². The highest BCUT2D eigenvalue weighted by Crippen LogP contribution is 2.22. The first-order valence-electron chi connectivity index (χ1n) is 4.39. The van der Waals surface area contributed by atoms with Crippen molar-refractivity contribution in [1.82, 2.24) is 9.55 Å². The Morgan fingerprint density at radius 1 is 1.47 bits per heavy atom. The molecule has 0 unspecified atom stereocenters. The first-order valence-corrected chi connectivity index (χ1v) is 4.39. The smallest absolute Gasteiger partial charge is 0.166 e. The number of hydrogen-bond acceptors (Lipinski definition) is 2. The minimum atomic E-state index is -0.322. The maximum absolute atomic E-state index is 13.0. The van der Waals surface area contributed by atoms with Crippen LogP contribution in [0.25, 0.3) is 11.3 Å². The standard InChI is InChI=1S/C11H8FN3/c1-15-7-14-10(6-13)11(15)8-3-2-4-9(12)5-8/h2-5,7H,1H3. The summed E-state index contributed by atoms with van der Waals surface area (Å²) in [7, 11) is 1.77. The van der Waals surface area contributed by atoms with Crippen molar-refractivity contribution in [1.29, 1.82) is 5.26 Å². The first kappa shape index (κ1) is 9.41. The summed E-state index contributed by atoms with van der Waals surface area (Å²) in [5.74, 6) is -0.322. The van der Waals surface area contributed by atoms with Gasteiger partial charge >= 0.3 is 0 Å². The number of aromatic nitrogens is 2. The quantitative estimate of drug-likeness (QED) is 0.709. The lowest BCUT2D eigenvalue weighted by Gasteiger charge is -2.02. The lowest BCUT2D eigenvalue weighted by Crippen LogP contribution is -1.92. The van der Waals surface area contributed by atoms with Gasteiger partial charge in [0.25, 0.3) is 0 Å². The summed E-state index contributed by atoms with van der Waals surface area (Å²) in [6.07, 6.45) is 1.54. The average Bonchev–Trinajstić information content (AvgIpc) is 2.59. The lowest BCUT2D eigenvalue weighted by atomic mass is 10.1. The lowest BCUT2D eigenvalue weighted by molar-refractivity contribution is 0.628. The van der Waals surface area contributed by atoms with Gasteiger partial charge in [-0.15, -0.1) is 0 Å². The number of hydrogen-bond donors (Lipinski definition) is 0. The van der Waals surface area contributed by atoms with E-state index in [0.29, 0.717) is 17.0 Å². The fourth-order valence-electron chi connectivity index (χ4n) is 1.49. The van der Waals surface area contributed by atoms with Crippen LogP contribution in [0.4, 0.5) is 4.39 Å². The third-order valence-corrected chi connectivity index (χ3v) is 2.14. The molecule has 0 bridgehead atoms. The van der Waals surface area contributed by atoms with Crippen molar-refractivity contribution in [3.8, 4) is 17.3 Å². The van der Waals surface area contributed by atoms with E-state index in [0.717, 1.165) is 0 Å². The van der Waals surface area contributed by atoms with Crippen LogP contribution in [0.2, 0.25) is 0 Å². The molecule has 0 saturated heterocycles. The van der Waals surface area contributed by atoms with Crippen LogP contribution >= 0.6 is 0 Å². The topological polar surface area (TPSA) is 41.6 Å². The number of nitrogens with zero attached hydrogens (tertiary/aromatic N) is 3. The molecule has 0 radical (unpaired) electrons. The Kier molecular flexibility index (Phi) is 2.22. The largest absolute Gasteiger partial charge is 0.333 e. The second-order valence-electron chi connectivity index (χ2n) is 3.17. The molecule has 2 rings (SSSR count). The molecule has 3 nitrogen and oxygen atoms in total. The van der Waals surface area contributed by atoms with E-state index < -0.39 is 0 Å². The Morgan fingerprint density at radius 2 is 2.27 bits per heavy atom. The maximum Gasteiger partial charge on any atom is 0.166 e. The molecule has 0 saturated carbocycles. The molecule has 15 heavy (non-hydrogen) atoms. The minimum absolute atomic E-state index is 0.308. The Balaban J connectivity index is 2.64. The van der Waals surface area contributed by atoms with Gasteiger partial charge in [0, 0.05) is 12.6 Å². The molecule has 2 aromatic rings. The normalized spacial score (nSPS) is 9.93. The van der Waals surface area contributed by atoms with Crippen molar-refractivity contribution in [3.63, 3.8) is 0 Å².